The third kappa shape index (κ3) is 4.62. The molecule has 0 saturated heterocycles. The number of hydrogen-bond acceptors (Lipinski definition) is 4. The van der Waals surface area contributed by atoms with Gasteiger partial charge in [0.2, 0.25) is 0 Å². The second kappa shape index (κ2) is 10.2. The Morgan fingerprint density at radius 1 is 0.900 bits per heavy atom. The van der Waals surface area contributed by atoms with Crippen molar-refractivity contribution in [3.63, 3.8) is 0 Å². The summed E-state index contributed by atoms with van der Waals surface area (Å²) in [6, 6.07) is 22.8. The van der Waals surface area contributed by atoms with E-state index < -0.39 is 29.0 Å². The van der Waals surface area contributed by atoms with Gasteiger partial charge in [-0.15, -0.1) is 0 Å². The van der Waals surface area contributed by atoms with E-state index in [0.717, 1.165) is 21.3 Å². The Balaban J connectivity index is 1.83. The van der Waals surface area contributed by atoms with Crippen molar-refractivity contribution in [3.05, 3.63) is 134 Å². The van der Waals surface area contributed by atoms with E-state index in [0.29, 0.717) is 22.5 Å². The van der Waals surface area contributed by atoms with Crippen molar-refractivity contribution in [2.24, 2.45) is 0 Å². The highest BCUT2D eigenvalue weighted by Gasteiger charge is 2.31. The molecule has 7 nitrogen and oxygen atoms in total. The highest BCUT2D eigenvalue weighted by molar-refractivity contribution is 5.65. The quantitative estimate of drug-likeness (QED) is 0.287. The molecule has 40 heavy (non-hydrogen) atoms. The van der Waals surface area contributed by atoms with Gasteiger partial charge in [-0.25, -0.2) is 9.48 Å². The fourth-order valence-electron chi connectivity index (χ4n) is 4.74. The Hall–Kier alpha value is -5.17. The molecule has 2 heterocycles. The summed E-state index contributed by atoms with van der Waals surface area (Å²) in [6.45, 7) is 3.21. The highest BCUT2D eigenvalue weighted by atomic mass is 19.4. The summed E-state index contributed by atoms with van der Waals surface area (Å²) in [5.41, 5.74) is -0.0872. The third-order valence-corrected chi connectivity index (χ3v) is 6.77. The molecule has 0 amide bonds. The molecular weight excluding hydrogens is 519 g/mol. The highest BCUT2D eigenvalue weighted by Crippen LogP contribution is 2.31. The standard InChI is InChI=1S/C30H22F3N5O2/c1-19(22-7-4-3-5-8-22)37-28(39)27(26-15-16-35-38(26)24-13-11-21(18-34)12-14-24)20(2)36(29(37)40)25-10-6-9-23(17-25)30(31,32)33/h3-17,19H,1-2H3. The van der Waals surface area contributed by atoms with Crippen LogP contribution in [0.25, 0.3) is 22.6 Å². The van der Waals surface area contributed by atoms with Gasteiger partial charge in [0.05, 0.1) is 52.1 Å². The van der Waals surface area contributed by atoms with E-state index in [9.17, 15) is 22.8 Å². The van der Waals surface area contributed by atoms with Gasteiger partial charge in [-0.3, -0.25) is 13.9 Å². The van der Waals surface area contributed by atoms with Crippen LogP contribution in [0.2, 0.25) is 0 Å². The van der Waals surface area contributed by atoms with Crippen LogP contribution in [-0.4, -0.2) is 18.9 Å². The van der Waals surface area contributed by atoms with E-state index in [1.165, 1.54) is 29.9 Å². The molecular formula is C30H22F3N5O2. The van der Waals surface area contributed by atoms with E-state index in [1.54, 1.807) is 67.6 Å². The molecule has 200 valence electrons. The first-order valence-electron chi connectivity index (χ1n) is 12.3. The van der Waals surface area contributed by atoms with Gasteiger partial charge in [-0.05, 0) is 67.9 Å². The van der Waals surface area contributed by atoms with E-state index in [4.69, 9.17) is 5.26 Å². The van der Waals surface area contributed by atoms with Crippen LogP contribution in [0.4, 0.5) is 13.2 Å². The number of rotatable bonds is 5. The predicted molar refractivity (Wildman–Crippen MR) is 144 cm³/mol. The zero-order valence-electron chi connectivity index (χ0n) is 21.4. The zero-order valence-corrected chi connectivity index (χ0v) is 21.4. The molecule has 5 rings (SSSR count). The largest absolute Gasteiger partial charge is 0.416 e. The van der Waals surface area contributed by atoms with Crippen molar-refractivity contribution in [3.8, 4) is 28.7 Å². The lowest BCUT2D eigenvalue weighted by molar-refractivity contribution is -0.137. The molecule has 0 aliphatic rings. The Bertz CT molecular complexity index is 1860. The Morgan fingerprint density at radius 3 is 2.25 bits per heavy atom. The SMILES string of the molecule is Cc1c(-c2ccnn2-c2ccc(C#N)cc2)c(=O)n(C(C)c2ccccc2)c(=O)n1-c1cccc(C(F)(F)F)c1. The maximum Gasteiger partial charge on any atom is 0.416 e. The molecule has 1 unspecified atom stereocenters. The lowest BCUT2D eigenvalue weighted by atomic mass is 10.1. The van der Waals surface area contributed by atoms with E-state index >= 15 is 0 Å². The number of halogens is 3. The van der Waals surface area contributed by atoms with Crippen LogP contribution in [0.5, 0.6) is 0 Å². The monoisotopic (exact) mass is 541 g/mol. The minimum Gasteiger partial charge on any atom is -0.268 e. The van der Waals surface area contributed by atoms with Gasteiger partial charge in [0.1, 0.15) is 0 Å². The number of alkyl halides is 3. The van der Waals surface area contributed by atoms with Gasteiger partial charge in [0, 0.05) is 5.69 Å². The van der Waals surface area contributed by atoms with Gasteiger partial charge in [-0.1, -0.05) is 36.4 Å². The summed E-state index contributed by atoms with van der Waals surface area (Å²) in [4.78, 5) is 28.0. The van der Waals surface area contributed by atoms with Crippen molar-refractivity contribution in [2.45, 2.75) is 26.1 Å². The summed E-state index contributed by atoms with van der Waals surface area (Å²) in [5.74, 6) is 0. The van der Waals surface area contributed by atoms with Crippen molar-refractivity contribution in [1.82, 2.24) is 18.9 Å². The van der Waals surface area contributed by atoms with Crippen LogP contribution in [0, 0.1) is 18.3 Å². The van der Waals surface area contributed by atoms with Crippen molar-refractivity contribution in [2.75, 3.05) is 0 Å². The Labute approximate surface area is 226 Å². The Kier molecular flexibility index (Phi) is 6.73. The van der Waals surface area contributed by atoms with E-state index in [-0.39, 0.29) is 16.9 Å². The maximum absolute atomic E-state index is 14.1. The zero-order chi connectivity index (χ0) is 28.6. The van der Waals surface area contributed by atoms with Crippen molar-refractivity contribution in [1.29, 1.82) is 5.26 Å². The average Bonchev–Trinajstić information content (AvgIpc) is 3.42. The first-order chi connectivity index (χ1) is 19.1. The molecule has 0 aliphatic carbocycles. The van der Waals surface area contributed by atoms with Crippen LogP contribution in [-0.2, 0) is 6.18 Å². The lowest BCUT2D eigenvalue weighted by Crippen LogP contribution is -2.43. The van der Waals surface area contributed by atoms with Gasteiger partial charge < -0.3 is 0 Å². The molecule has 0 fully saturated rings. The predicted octanol–water partition coefficient (Wildman–Crippen LogP) is 5.66. The summed E-state index contributed by atoms with van der Waals surface area (Å²) >= 11 is 0. The third-order valence-electron chi connectivity index (χ3n) is 6.77. The smallest absolute Gasteiger partial charge is 0.268 e. The average molecular weight is 542 g/mol. The normalized spacial score (nSPS) is 12.2. The number of hydrogen-bond donors (Lipinski definition) is 0. The molecule has 0 bridgehead atoms. The second-order valence-corrected chi connectivity index (χ2v) is 9.18. The van der Waals surface area contributed by atoms with Crippen LogP contribution < -0.4 is 11.2 Å². The van der Waals surface area contributed by atoms with Crippen LogP contribution in [0.3, 0.4) is 0 Å². The maximum atomic E-state index is 14.1. The number of nitriles is 1. The molecule has 0 spiro atoms. The molecule has 2 aromatic heterocycles. The van der Waals surface area contributed by atoms with Crippen LogP contribution >= 0.6 is 0 Å². The van der Waals surface area contributed by atoms with Gasteiger partial charge in [0.15, 0.2) is 0 Å². The topological polar surface area (TPSA) is 85.6 Å². The fourth-order valence-corrected chi connectivity index (χ4v) is 4.74. The molecule has 0 aliphatic heterocycles. The van der Waals surface area contributed by atoms with Crippen LogP contribution in [0.15, 0.2) is 101 Å². The van der Waals surface area contributed by atoms with Gasteiger partial charge in [0.25, 0.3) is 5.56 Å². The number of nitrogens with zero attached hydrogens (tertiary/aromatic N) is 5. The van der Waals surface area contributed by atoms with Gasteiger partial charge >= 0.3 is 11.9 Å². The molecule has 1 atom stereocenters. The summed E-state index contributed by atoms with van der Waals surface area (Å²) in [5, 5.41) is 13.5. The molecule has 0 N–H and O–H groups in total. The summed E-state index contributed by atoms with van der Waals surface area (Å²) in [7, 11) is 0. The molecule has 5 aromatic rings. The molecule has 0 saturated carbocycles. The van der Waals surface area contributed by atoms with Crippen molar-refractivity contribution >= 4 is 0 Å². The van der Waals surface area contributed by atoms with E-state index in [1.807, 2.05) is 6.07 Å². The van der Waals surface area contributed by atoms with Crippen molar-refractivity contribution < 1.29 is 13.2 Å². The minimum atomic E-state index is -4.63. The first kappa shape index (κ1) is 26.4. The lowest BCUT2D eigenvalue weighted by Gasteiger charge is -2.22. The first-order valence-corrected chi connectivity index (χ1v) is 12.3. The summed E-state index contributed by atoms with van der Waals surface area (Å²) < 4.78 is 44.5. The van der Waals surface area contributed by atoms with Gasteiger partial charge in [-0.2, -0.15) is 23.5 Å². The molecule has 0 radical (unpaired) electrons. The number of aromatic nitrogens is 4. The Morgan fingerprint density at radius 2 is 1.60 bits per heavy atom. The fraction of sp³-hybridized carbons (Fsp3) is 0.133. The molecule has 10 heteroatoms. The van der Waals surface area contributed by atoms with E-state index in [2.05, 4.69) is 5.10 Å². The summed E-state index contributed by atoms with van der Waals surface area (Å²) in [6.07, 6.45) is -3.15. The number of benzene rings is 3. The molecule has 3 aromatic carbocycles. The second-order valence-electron chi connectivity index (χ2n) is 9.18. The van der Waals surface area contributed by atoms with Crippen LogP contribution in [0.1, 0.15) is 35.3 Å². The minimum absolute atomic E-state index is 0.0305.